The van der Waals surface area contributed by atoms with Crippen molar-refractivity contribution in [1.29, 1.82) is 0 Å². The molecule has 0 unspecified atom stereocenters. The fourth-order valence-electron chi connectivity index (χ4n) is 2.93. The zero-order valence-electron chi connectivity index (χ0n) is 12.8. The molecule has 3 rings (SSSR count). The van der Waals surface area contributed by atoms with Crippen molar-refractivity contribution in [2.45, 2.75) is 18.8 Å². The number of pyridine rings is 1. The summed E-state index contributed by atoms with van der Waals surface area (Å²) in [5, 5.41) is 4.17. The lowest BCUT2D eigenvalue weighted by Gasteiger charge is -2.30. The molecular formula is C15H20N4O2S. The third-order valence-corrected chi connectivity index (χ3v) is 5.40. The number of rotatable bonds is 3. The van der Waals surface area contributed by atoms with E-state index >= 15 is 0 Å². The number of piperidine rings is 1. The normalized spacial score (nSPS) is 20.2. The first-order chi connectivity index (χ1) is 10.4. The van der Waals surface area contributed by atoms with Crippen molar-refractivity contribution in [2.75, 3.05) is 19.3 Å². The third-order valence-electron chi connectivity index (χ3n) is 4.13. The molecule has 22 heavy (non-hydrogen) atoms. The van der Waals surface area contributed by atoms with Gasteiger partial charge in [-0.3, -0.25) is 9.67 Å². The maximum Gasteiger partial charge on any atom is 0.211 e. The third kappa shape index (κ3) is 3.05. The van der Waals surface area contributed by atoms with Crippen LogP contribution in [0.2, 0.25) is 0 Å². The lowest BCUT2D eigenvalue weighted by Crippen LogP contribution is -2.38. The molecule has 118 valence electrons. The van der Waals surface area contributed by atoms with Crippen LogP contribution in [0, 0.1) is 0 Å². The molecule has 2 aromatic rings. The smallest absolute Gasteiger partial charge is 0.211 e. The van der Waals surface area contributed by atoms with E-state index in [1.54, 1.807) is 15.2 Å². The van der Waals surface area contributed by atoms with Crippen molar-refractivity contribution in [1.82, 2.24) is 19.1 Å². The minimum absolute atomic E-state index is 0.150. The Kier molecular flexibility index (Phi) is 4.01. The van der Waals surface area contributed by atoms with Gasteiger partial charge in [-0.15, -0.1) is 0 Å². The summed E-state index contributed by atoms with van der Waals surface area (Å²) in [4.78, 5) is 4.73. The molecular weight excluding hydrogens is 300 g/mol. The van der Waals surface area contributed by atoms with Gasteiger partial charge in [-0.1, -0.05) is 6.07 Å². The summed E-state index contributed by atoms with van der Waals surface area (Å²) in [5.41, 5.74) is 2.78. The fourth-order valence-corrected chi connectivity index (χ4v) is 3.84. The first-order valence-corrected chi connectivity index (χ1v) is 9.20. The second-order valence-electron chi connectivity index (χ2n) is 5.75. The molecule has 0 radical (unpaired) electrons. The van der Waals surface area contributed by atoms with Crippen LogP contribution in [0.15, 0.2) is 30.5 Å². The number of nitrogens with zero attached hydrogens (tertiary/aromatic N) is 4. The number of sulfonamides is 1. The number of aromatic nitrogens is 3. The summed E-state index contributed by atoms with van der Waals surface area (Å²) in [6.45, 7) is 1.12. The Labute approximate surface area is 130 Å². The number of aryl methyl sites for hydroxylation is 1. The molecule has 0 amide bonds. The van der Waals surface area contributed by atoms with E-state index in [9.17, 15) is 8.42 Å². The van der Waals surface area contributed by atoms with E-state index in [-0.39, 0.29) is 5.92 Å². The minimum Gasteiger partial charge on any atom is -0.266 e. The van der Waals surface area contributed by atoms with Crippen molar-refractivity contribution in [3.8, 4) is 11.4 Å². The topological polar surface area (TPSA) is 68.1 Å². The Morgan fingerprint density at radius 2 is 2.09 bits per heavy atom. The number of hydrogen-bond acceptors (Lipinski definition) is 4. The van der Waals surface area contributed by atoms with Gasteiger partial charge >= 0.3 is 0 Å². The largest absolute Gasteiger partial charge is 0.266 e. The van der Waals surface area contributed by atoms with Crippen LogP contribution < -0.4 is 0 Å². The summed E-state index contributed by atoms with van der Waals surface area (Å²) in [7, 11) is -1.25. The van der Waals surface area contributed by atoms with E-state index in [0.29, 0.717) is 13.1 Å². The number of hydrogen-bond donors (Lipinski definition) is 0. The highest BCUT2D eigenvalue weighted by Gasteiger charge is 2.27. The minimum atomic E-state index is -3.14. The maximum atomic E-state index is 11.8. The Bertz CT molecular complexity index is 769. The van der Waals surface area contributed by atoms with Crippen molar-refractivity contribution in [3.05, 3.63) is 36.2 Å². The van der Waals surface area contributed by atoms with Crippen LogP contribution in [0.3, 0.4) is 0 Å². The predicted molar refractivity (Wildman–Crippen MR) is 84.8 cm³/mol. The Morgan fingerprint density at radius 1 is 1.27 bits per heavy atom. The van der Waals surface area contributed by atoms with E-state index in [0.717, 1.165) is 29.9 Å². The molecule has 0 bridgehead atoms. The zero-order valence-corrected chi connectivity index (χ0v) is 13.6. The molecule has 1 aliphatic rings. The van der Waals surface area contributed by atoms with Crippen LogP contribution in [0.5, 0.6) is 0 Å². The van der Waals surface area contributed by atoms with Gasteiger partial charge in [-0.2, -0.15) is 5.10 Å². The molecule has 2 aromatic heterocycles. The molecule has 1 fully saturated rings. The average molecular weight is 320 g/mol. The lowest BCUT2D eigenvalue weighted by atomic mass is 9.95. The van der Waals surface area contributed by atoms with E-state index in [1.165, 1.54) is 6.26 Å². The Balaban J connectivity index is 1.88. The molecule has 1 aliphatic heterocycles. The quantitative estimate of drug-likeness (QED) is 0.862. The van der Waals surface area contributed by atoms with Gasteiger partial charge in [-0.25, -0.2) is 12.7 Å². The first kappa shape index (κ1) is 15.2. The average Bonchev–Trinajstić information content (AvgIpc) is 2.93. The van der Waals surface area contributed by atoms with Gasteiger partial charge < -0.3 is 0 Å². The van der Waals surface area contributed by atoms with E-state index in [2.05, 4.69) is 5.10 Å². The SMILES string of the molecule is Cn1nccc1-c1cccc([C@H]2CCCN(S(C)(=O)=O)C2)n1. The zero-order chi connectivity index (χ0) is 15.7. The molecule has 1 saturated heterocycles. The summed E-state index contributed by atoms with van der Waals surface area (Å²) in [6, 6.07) is 7.84. The standard InChI is InChI=1S/C15H20N4O2S/c1-18-15(8-9-16-18)14-7-3-6-13(17-14)12-5-4-10-19(11-12)22(2,20)21/h3,6-9,12H,4-5,10-11H2,1-2H3/t12-/m0/s1. The first-order valence-electron chi connectivity index (χ1n) is 7.35. The predicted octanol–water partition coefficient (Wildman–Crippen LogP) is 1.62. The molecule has 6 nitrogen and oxygen atoms in total. The van der Waals surface area contributed by atoms with Gasteiger partial charge in [-0.05, 0) is 31.0 Å². The lowest BCUT2D eigenvalue weighted by molar-refractivity contribution is 0.314. The van der Waals surface area contributed by atoms with Crippen LogP contribution in [-0.2, 0) is 17.1 Å². The van der Waals surface area contributed by atoms with Crippen molar-refractivity contribution in [3.63, 3.8) is 0 Å². The molecule has 1 atom stereocenters. The van der Waals surface area contributed by atoms with Crippen LogP contribution in [0.25, 0.3) is 11.4 Å². The van der Waals surface area contributed by atoms with Gasteiger partial charge in [0, 0.05) is 37.9 Å². The molecule has 0 aliphatic carbocycles. The molecule has 3 heterocycles. The summed E-state index contributed by atoms with van der Waals surface area (Å²) in [6.07, 6.45) is 4.85. The van der Waals surface area contributed by atoms with Gasteiger partial charge in [0.05, 0.1) is 17.6 Å². The summed E-state index contributed by atoms with van der Waals surface area (Å²) in [5.74, 6) is 0.150. The second-order valence-corrected chi connectivity index (χ2v) is 7.73. The van der Waals surface area contributed by atoms with E-state index in [4.69, 9.17) is 4.98 Å². The Morgan fingerprint density at radius 3 is 2.77 bits per heavy atom. The van der Waals surface area contributed by atoms with Gasteiger partial charge in [0.2, 0.25) is 10.0 Å². The molecule has 0 saturated carbocycles. The highest BCUT2D eigenvalue weighted by Crippen LogP contribution is 2.28. The highest BCUT2D eigenvalue weighted by molar-refractivity contribution is 7.88. The van der Waals surface area contributed by atoms with Crippen LogP contribution >= 0.6 is 0 Å². The summed E-state index contributed by atoms with van der Waals surface area (Å²) < 4.78 is 26.9. The van der Waals surface area contributed by atoms with Crippen LogP contribution in [0.4, 0.5) is 0 Å². The van der Waals surface area contributed by atoms with Crippen LogP contribution in [-0.4, -0.2) is 46.8 Å². The Hall–Kier alpha value is -1.73. The van der Waals surface area contributed by atoms with Crippen LogP contribution in [0.1, 0.15) is 24.5 Å². The van der Waals surface area contributed by atoms with Gasteiger partial charge in [0.1, 0.15) is 0 Å². The highest BCUT2D eigenvalue weighted by atomic mass is 32.2. The molecule has 0 aromatic carbocycles. The van der Waals surface area contributed by atoms with E-state index < -0.39 is 10.0 Å². The summed E-state index contributed by atoms with van der Waals surface area (Å²) >= 11 is 0. The van der Waals surface area contributed by atoms with Crippen molar-refractivity contribution >= 4 is 10.0 Å². The monoisotopic (exact) mass is 320 g/mol. The van der Waals surface area contributed by atoms with Crippen molar-refractivity contribution < 1.29 is 8.42 Å². The maximum absolute atomic E-state index is 11.8. The molecule has 0 spiro atoms. The fraction of sp³-hybridized carbons (Fsp3) is 0.467. The van der Waals surface area contributed by atoms with Crippen molar-refractivity contribution in [2.24, 2.45) is 7.05 Å². The molecule has 7 heteroatoms. The van der Waals surface area contributed by atoms with Gasteiger partial charge in [0.15, 0.2) is 0 Å². The molecule has 0 N–H and O–H groups in total. The van der Waals surface area contributed by atoms with E-state index in [1.807, 2.05) is 31.3 Å². The van der Waals surface area contributed by atoms with Gasteiger partial charge in [0.25, 0.3) is 0 Å². The second kappa shape index (κ2) is 5.81.